The molecule has 0 aliphatic rings. The maximum absolute atomic E-state index is 12.4. The average molecular weight is 448 g/mol. The van der Waals surface area contributed by atoms with Gasteiger partial charge in [-0.15, -0.1) is 0 Å². The number of sulfonamides is 1. The maximum Gasteiger partial charge on any atom is 0.283 e. The average Bonchev–Trinajstić information content (AvgIpc) is 3.09. The molecule has 0 aliphatic carbocycles. The number of carbonyl (C=O) groups excluding carboxylic acids is 1. The summed E-state index contributed by atoms with van der Waals surface area (Å²) in [7, 11) is -4.02. The zero-order chi connectivity index (χ0) is 21.7. The first-order valence-corrected chi connectivity index (χ1v) is 11.2. The maximum atomic E-state index is 12.4. The van der Waals surface area contributed by atoms with Gasteiger partial charge in [-0.05, 0) is 49.2 Å². The summed E-state index contributed by atoms with van der Waals surface area (Å²) in [4.78, 5) is 16.3. The predicted octanol–water partition coefficient (Wildman–Crippen LogP) is 3.49. The van der Waals surface area contributed by atoms with Crippen LogP contribution in [0.2, 0.25) is 5.02 Å². The number of nitrogens with zero attached hydrogens (tertiary/aromatic N) is 2. The lowest BCUT2D eigenvalue weighted by Crippen LogP contribution is -2.32. The van der Waals surface area contributed by atoms with Crippen LogP contribution in [0.15, 0.2) is 59.8 Å². The number of halogens is 1. The molecule has 0 aliphatic heterocycles. The minimum Gasteiger partial charge on any atom is -0.489 e. The number of benzene rings is 2. The van der Waals surface area contributed by atoms with Crippen LogP contribution >= 0.6 is 11.6 Å². The van der Waals surface area contributed by atoms with Crippen LogP contribution in [0.25, 0.3) is 0 Å². The quantitative estimate of drug-likeness (QED) is 0.570. The molecule has 9 heteroatoms. The Hall–Kier alpha value is -2.84. The fraction of sp³-hybridized carbons (Fsp3) is 0.238. The Morgan fingerprint density at radius 3 is 2.57 bits per heavy atom. The third-order valence-corrected chi connectivity index (χ3v) is 5.90. The van der Waals surface area contributed by atoms with Crippen LogP contribution in [0.1, 0.15) is 23.9 Å². The van der Waals surface area contributed by atoms with Crippen molar-refractivity contribution < 1.29 is 17.9 Å². The van der Waals surface area contributed by atoms with Gasteiger partial charge in [0, 0.05) is 17.8 Å². The lowest BCUT2D eigenvalue weighted by molar-refractivity contribution is -0.118. The number of ether oxygens (including phenoxy) is 1. The highest BCUT2D eigenvalue weighted by Gasteiger charge is 2.21. The first kappa shape index (κ1) is 21.9. The Labute approximate surface area is 180 Å². The third kappa shape index (κ3) is 5.61. The van der Waals surface area contributed by atoms with Crippen molar-refractivity contribution in [3.8, 4) is 5.75 Å². The van der Waals surface area contributed by atoms with Crippen LogP contribution in [-0.4, -0.2) is 23.9 Å². The van der Waals surface area contributed by atoms with Crippen molar-refractivity contribution in [2.45, 2.75) is 38.4 Å². The first-order valence-electron chi connectivity index (χ1n) is 9.32. The zero-order valence-electron chi connectivity index (χ0n) is 16.6. The largest absolute Gasteiger partial charge is 0.489 e. The second-order valence-electron chi connectivity index (χ2n) is 6.68. The molecule has 30 heavy (non-hydrogen) atoms. The van der Waals surface area contributed by atoms with Gasteiger partial charge < -0.3 is 9.30 Å². The van der Waals surface area contributed by atoms with Crippen LogP contribution in [0.4, 0.5) is 0 Å². The van der Waals surface area contributed by atoms with E-state index in [0.29, 0.717) is 35.3 Å². The second-order valence-corrected chi connectivity index (χ2v) is 8.75. The van der Waals surface area contributed by atoms with E-state index in [1.54, 1.807) is 47.9 Å². The van der Waals surface area contributed by atoms with Crippen molar-refractivity contribution in [2.24, 2.45) is 0 Å². The van der Waals surface area contributed by atoms with Gasteiger partial charge in [0.05, 0.1) is 6.42 Å². The van der Waals surface area contributed by atoms with E-state index < -0.39 is 15.9 Å². The van der Waals surface area contributed by atoms with Crippen LogP contribution in [0, 0.1) is 6.92 Å². The van der Waals surface area contributed by atoms with Crippen molar-refractivity contribution in [3.05, 3.63) is 76.7 Å². The van der Waals surface area contributed by atoms with E-state index in [2.05, 4.69) is 9.71 Å². The smallest absolute Gasteiger partial charge is 0.283 e. The summed E-state index contributed by atoms with van der Waals surface area (Å²) in [6.07, 6.45) is 1.31. The van der Waals surface area contributed by atoms with Crippen molar-refractivity contribution in [1.82, 2.24) is 14.3 Å². The Morgan fingerprint density at radius 1 is 1.17 bits per heavy atom. The number of nitrogens with one attached hydrogen (secondary N) is 1. The van der Waals surface area contributed by atoms with E-state index >= 15 is 0 Å². The van der Waals surface area contributed by atoms with Gasteiger partial charge >= 0.3 is 0 Å². The molecule has 1 aromatic heterocycles. The minimum atomic E-state index is -4.02. The molecule has 0 spiro atoms. The summed E-state index contributed by atoms with van der Waals surface area (Å²) in [5, 5.41) is 0.480. The Morgan fingerprint density at radius 2 is 1.90 bits per heavy atom. The fourth-order valence-electron chi connectivity index (χ4n) is 2.85. The van der Waals surface area contributed by atoms with E-state index in [1.165, 1.54) is 6.20 Å². The molecular formula is C21H22ClN3O4S. The van der Waals surface area contributed by atoms with Crippen LogP contribution in [-0.2, 0) is 34.4 Å². The minimum absolute atomic E-state index is 0.106. The topological polar surface area (TPSA) is 90.3 Å². The van der Waals surface area contributed by atoms with Gasteiger partial charge in [0.1, 0.15) is 18.2 Å². The van der Waals surface area contributed by atoms with Gasteiger partial charge in [-0.1, -0.05) is 35.9 Å². The fourth-order valence-corrected chi connectivity index (χ4v) is 3.97. The number of aryl methyl sites for hydroxylation is 2. The highest BCUT2D eigenvalue weighted by atomic mass is 35.5. The lowest BCUT2D eigenvalue weighted by atomic mass is 10.1. The number of hydrogen-bond donors (Lipinski definition) is 1. The van der Waals surface area contributed by atoms with Gasteiger partial charge in [0.2, 0.25) is 5.91 Å². The predicted molar refractivity (Wildman–Crippen MR) is 114 cm³/mol. The third-order valence-electron chi connectivity index (χ3n) is 4.40. The van der Waals surface area contributed by atoms with Gasteiger partial charge in [-0.2, -0.15) is 8.42 Å². The molecule has 3 rings (SSSR count). The summed E-state index contributed by atoms with van der Waals surface area (Å²) in [5.74, 6) is 0.500. The van der Waals surface area contributed by atoms with E-state index in [1.807, 2.05) is 19.1 Å². The van der Waals surface area contributed by atoms with Crippen molar-refractivity contribution >= 4 is 27.5 Å². The molecule has 0 bridgehead atoms. The Balaban J connectivity index is 1.62. The highest BCUT2D eigenvalue weighted by molar-refractivity contribution is 7.90. The number of carbonyl (C=O) groups is 1. The van der Waals surface area contributed by atoms with Crippen LogP contribution in [0.5, 0.6) is 5.75 Å². The number of rotatable bonds is 8. The number of aromatic nitrogens is 2. The zero-order valence-corrected chi connectivity index (χ0v) is 18.2. The summed E-state index contributed by atoms with van der Waals surface area (Å²) in [5.41, 5.74) is 1.59. The summed E-state index contributed by atoms with van der Waals surface area (Å²) < 4.78 is 34.4. The molecule has 0 unspecified atom stereocenters. The van der Waals surface area contributed by atoms with E-state index in [9.17, 15) is 13.2 Å². The highest BCUT2D eigenvalue weighted by Crippen LogP contribution is 2.17. The van der Waals surface area contributed by atoms with Crippen molar-refractivity contribution in [2.75, 3.05) is 0 Å². The van der Waals surface area contributed by atoms with Crippen LogP contribution < -0.4 is 9.46 Å². The summed E-state index contributed by atoms with van der Waals surface area (Å²) in [6.45, 7) is 4.53. The molecule has 1 N–H and O–H groups in total. The molecule has 0 atom stereocenters. The molecule has 0 saturated heterocycles. The van der Waals surface area contributed by atoms with E-state index in [0.717, 1.165) is 5.56 Å². The van der Waals surface area contributed by atoms with Gasteiger partial charge in [-0.3, -0.25) is 4.79 Å². The second kappa shape index (κ2) is 9.32. The van der Waals surface area contributed by atoms with Crippen molar-refractivity contribution in [3.63, 3.8) is 0 Å². The Kier molecular flexibility index (Phi) is 6.79. The molecular weight excluding hydrogens is 426 g/mol. The molecule has 3 aromatic rings. The van der Waals surface area contributed by atoms with Crippen molar-refractivity contribution in [1.29, 1.82) is 0 Å². The molecule has 7 nitrogen and oxygen atoms in total. The van der Waals surface area contributed by atoms with Gasteiger partial charge in [-0.25, -0.2) is 9.71 Å². The number of imidazole rings is 1. The lowest BCUT2D eigenvalue weighted by Gasteiger charge is -2.09. The van der Waals surface area contributed by atoms with E-state index in [-0.39, 0.29) is 11.4 Å². The molecule has 1 amide bonds. The van der Waals surface area contributed by atoms with Crippen LogP contribution in [0.3, 0.4) is 0 Å². The Bertz CT molecular complexity index is 1140. The normalized spacial score (nSPS) is 11.3. The monoisotopic (exact) mass is 447 g/mol. The van der Waals surface area contributed by atoms with Gasteiger partial charge in [0.15, 0.2) is 5.03 Å². The summed E-state index contributed by atoms with van der Waals surface area (Å²) >= 11 is 5.87. The molecule has 0 fully saturated rings. The molecule has 0 radical (unpaired) electrons. The first-order chi connectivity index (χ1) is 14.3. The molecule has 158 valence electrons. The molecule has 1 heterocycles. The summed E-state index contributed by atoms with van der Waals surface area (Å²) in [6, 6.07) is 14.3. The van der Waals surface area contributed by atoms with Gasteiger partial charge in [0.25, 0.3) is 10.0 Å². The number of amides is 1. The number of hydrogen-bond acceptors (Lipinski definition) is 5. The molecule has 2 aromatic carbocycles. The SMILES string of the molecule is CCn1cc(S(=O)(=O)NC(=O)Cc2cccc(OCc3ccc(Cl)cc3)c2)nc1C. The standard InChI is InChI=1S/C21H22ClN3O4S/c1-3-25-13-21(23-15(25)2)30(27,28)24-20(26)12-17-5-4-6-19(11-17)29-14-16-7-9-18(22)10-8-16/h4-11,13H,3,12,14H2,1-2H3,(H,24,26). The molecule has 0 saturated carbocycles. The van der Waals surface area contributed by atoms with E-state index in [4.69, 9.17) is 16.3 Å².